The van der Waals surface area contributed by atoms with Crippen LogP contribution in [0.1, 0.15) is 35.7 Å². The fraction of sp³-hybridized carbons (Fsp3) is 0.467. The maximum Gasteiger partial charge on any atom is 0.0633 e. The first-order valence-corrected chi connectivity index (χ1v) is 7.77. The number of hydrogen-bond donors (Lipinski definition) is 0. The molecule has 1 aliphatic heterocycles. The average molecular weight is 273 g/mol. The van der Waals surface area contributed by atoms with Crippen molar-refractivity contribution in [3.63, 3.8) is 0 Å². The summed E-state index contributed by atoms with van der Waals surface area (Å²) in [6.07, 6.45) is 6.25. The molecule has 3 heterocycles. The number of hydrogen-bond acceptors (Lipinski definition) is 4. The van der Waals surface area contributed by atoms with Crippen LogP contribution in [-0.2, 0) is 6.54 Å². The normalized spacial score (nSPS) is 20.6. The molecule has 0 unspecified atom stereocenters. The van der Waals surface area contributed by atoms with E-state index in [0.717, 1.165) is 24.5 Å². The lowest BCUT2D eigenvalue weighted by molar-refractivity contribution is 0.198. The summed E-state index contributed by atoms with van der Waals surface area (Å²) in [4.78, 5) is 11.5. The first-order valence-electron chi connectivity index (χ1n) is 6.83. The monoisotopic (exact) mass is 273 g/mol. The van der Waals surface area contributed by atoms with Crippen LogP contribution in [0.25, 0.3) is 0 Å². The summed E-state index contributed by atoms with van der Waals surface area (Å²) in [7, 11) is 0. The van der Waals surface area contributed by atoms with Crippen molar-refractivity contribution >= 4 is 11.3 Å². The SMILES string of the molecule is Cc1cncc([C@H]2CCCN(Cc3ccsc3)C2)n1. The van der Waals surface area contributed by atoms with Gasteiger partial charge < -0.3 is 0 Å². The Morgan fingerprint density at radius 3 is 3.16 bits per heavy atom. The molecule has 1 aliphatic rings. The highest BCUT2D eigenvalue weighted by molar-refractivity contribution is 7.07. The fourth-order valence-corrected chi connectivity index (χ4v) is 3.42. The molecule has 0 N–H and O–H groups in total. The Morgan fingerprint density at radius 1 is 1.42 bits per heavy atom. The van der Waals surface area contributed by atoms with E-state index in [1.807, 2.05) is 19.3 Å². The van der Waals surface area contributed by atoms with Crippen molar-refractivity contribution in [3.8, 4) is 0 Å². The summed E-state index contributed by atoms with van der Waals surface area (Å²) in [5.74, 6) is 0.541. The summed E-state index contributed by atoms with van der Waals surface area (Å²) in [5.41, 5.74) is 3.61. The van der Waals surface area contributed by atoms with Gasteiger partial charge in [-0.05, 0) is 48.7 Å². The van der Waals surface area contributed by atoms with Crippen LogP contribution < -0.4 is 0 Å². The maximum atomic E-state index is 4.64. The Kier molecular flexibility index (Phi) is 3.89. The summed E-state index contributed by atoms with van der Waals surface area (Å²) < 4.78 is 0. The first-order chi connectivity index (χ1) is 9.31. The maximum absolute atomic E-state index is 4.64. The Balaban J connectivity index is 1.67. The van der Waals surface area contributed by atoms with Gasteiger partial charge in [-0.25, -0.2) is 0 Å². The van der Waals surface area contributed by atoms with E-state index in [1.165, 1.54) is 24.9 Å². The van der Waals surface area contributed by atoms with Crippen molar-refractivity contribution in [2.45, 2.75) is 32.2 Å². The zero-order chi connectivity index (χ0) is 13.1. The standard InChI is InChI=1S/C15H19N3S/c1-12-7-16-8-15(17-12)14-3-2-5-18(10-14)9-13-4-6-19-11-13/h4,6-8,11,14H,2-3,5,9-10H2,1H3/t14-/m0/s1. The van der Waals surface area contributed by atoms with Gasteiger partial charge in [0.2, 0.25) is 0 Å². The Bertz CT molecular complexity index is 524. The number of likely N-dealkylation sites (tertiary alicyclic amines) is 1. The molecule has 3 nitrogen and oxygen atoms in total. The minimum Gasteiger partial charge on any atom is -0.298 e. The van der Waals surface area contributed by atoms with E-state index in [4.69, 9.17) is 0 Å². The minimum atomic E-state index is 0.541. The summed E-state index contributed by atoms with van der Waals surface area (Å²) in [5, 5.41) is 4.40. The van der Waals surface area contributed by atoms with E-state index in [2.05, 4.69) is 31.7 Å². The van der Waals surface area contributed by atoms with Gasteiger partial charge in [0.05, 0.1) is 11.4 Å². The highest BCUT2D eigenvalue weighted by atomic mass is 32.1. The summed E-state index contributed by atoms with van der Waals surface area (Å²) in [6.45, 7) is 5.39. The van der Waals surface area contributed by atoms with Crippen LogP contribution >= 0.6 is 11.3 Å². The van der Waals surface area contributed by atoms with Gasteiger partial charge >= 0.3 is 0 Å². The zero-order valence-electron chi connectivity index (χ0n) is 11.2. The number of aromatic nitrogens is 2. The second-order valence-corrected chi connectivity index (χ2v) is 6.07. The number of rotatable bonds is 3. The zero-order valence-corrected chi connectivity index (χ0v) is 12.1. The largest absolute Gasteiger partial charge is 0.298 e. The molecule has 0 aliphatic carbocycles. The third kappa shape index (κ3) is 3.19. The van der Waals surface area contributed by atoms with Crippen LogP contribution in [-0.4, -0.2) is 28.0 Å². The molecule has 0 spiro atoms. The smallest absolute Gasteiger partial charge is 0.0633 e. The first kappa shape index (κ1) is 12.8. The second-order valence-electron chi connectivity index (χ2n) is 5.29. The lowest BCUT2D eigenvalue weighted by Crippen LogP contribution is -2.34. The third-order valence-corrected chi connectivity index (χ3v) is 4.42. The second kappa shape index (κ2) is 5.80. The van der Waals surface area contributed by atoms with Crippen LogP contribution in [0.2, 0.25) is 0 Å². The quantitative estimate of drug-likeness (QED) is 0.859. The van der Waals surface area contributed by atoms with Crippen molar-refractivity contribution in [1.29, 1.82) is 0 Å². The molecular weight excluding hydrogens is 254 g/mol. The van der Waals surface area contributed by atoms with Crippen LogP contribution in [0, 0.1) is 6.92 Å². The van der Waals surface area contributed by atoms with Gasteiger partial charge in [0.15, 0.2) is 0 Å². The van der Waals surface area contributed by atoms with E-state index in [9.17, 15) is 0 Å². The van der Waals surface area contributed by atoms with E-state index in [0.29, 0.717) is 5.92 Å². The van der Waals surface area contributed by atoms with Crippen molar-refractivity contribution in [3.05, 3.63) is 46.2 Å². The molecule has 0 saturated carbocycles. The third-order valence-electron chi connectivity index (χ3n) is 3.68. The molecule has 0 amide bonds. The lowest BCUT2D eigenvalue weighted by atomic mass is 9.94. The summed E-state index contributed by atoms with van der Waals surface area (Å²) in [6, 6.07) is 2.22. The van der Waals surface area contributed by atoms with Crippen LogP contribution in [0.15, 0.2) is 29.2 Å². The predicted octanol–water partition coefficient (Wildman–Crippen LogP) is 3.23. The van der Waals surface area contributed by atoms with Gasteiger partial charge in [0.25, 0.3) is 0 Å². The van der Waals surface area contributed by atoms with Crippen molar-refractivity contribution < 1.29 is 0 Å². The van der Waals surface area contributed by atoms with E-state index in [1.54, 1.807) is 11.3 Å². The van der Waals surface area contributed by atoms with E-state index < -0.39 is 0 Å². The van der Waals surface area contributed by atoms with Gasteiger partial charge in [-0.3, -0.25) is 14.9 Å². The predicted molar refractivity (Wildman–Crippen MR) is 78.3 cm³/mol. The molecule has 2 aromatic rings. The highest BCUT2D eigenvalue weighted by Crippen LogP contribution is 2.26. The van der Waals surface area contributed by atoms with Gasteiger partial charge in [0, 0.05) is 31.4 Å². The molecule has 0 aromatic carbocycles. The van der Waals surface area contributed by atoms with Crippen molar-refractivity contribution in [2.75, 3.05) is 13.1 Å². The Morgan fingerprint density at radius 2 is 2.37 bits per heavy atom. The molecule has 4 heteroatoms. The van der Waals surface area contributed by atoms with Gasteiger partial charge in [0.1, 0.15) is 0 Å². The minimum absolute atomic E-state index is 0.541. The van der Waals surface area contributed by atoms with Crippen molar-refractivity contribution in [2.24, 2.45) is 0 Å². The number of nitrogens with zero attached hydrogens (tertiary/aromatic N) is 3. The lowest BCUT2D eigenvalue weighted by Gasteiger charge is -2.32. The van der Waals surface area contributed by atoms with E-state index >= 15 is 0 Å². The number of thiophene rings is 1. The number of piperidine rings is 1. The summed E-state index contributed by atoms with van der Waals surface area (Å²) >= 11 is 1.78. The molecule has 0 bridgehead atoms. The molecule has 19 heavy (non-hydrogen) atoms. The molecule has 2 aromatic heterocycles. The van der Waals surface area contributed by atoms with Gasteiger partial charge in [-0.15, -0.1) is 0 Å². The fourth-order valence-electron chi connectivity index (χ4n) is 2.76. The molecule has 1 fully saturated rings. The van der Waals surface area contributed by atoms with Crippen LogP contribution in [0.5, 0.6) is 0 Å². The topological polar surface area (TPSA) is 29.0 Å². The molecular formula is C15H19N3S. The highest BCUT2D eigenvalue weighted by Gasteiger charge is 2.22. The van der Waals surface area contributed by atoms with Crippen LogP contribution in [0.4, 0.5) is 0 Å². The number of aryl methyl sites for hydroxylation is 1. The van der Waals surface area contributed by atoms with E-state index in [-0.39, 0.29) is 0 Å². The van der Waals surface area contributed by atoms with Gasteiger partial charge in [-0.2, -0.15) is 11.3 Å². The van der Waals surface area contributed by atoms with Crippen molar-refractivity contribution in [1.82, 2.24) is 14.9 Å². The molecule has 3 rings (SSSR count). The molecule has 1 saturated heterocycles. The van der Waals surface area contributed by atoms with Crippen LogP contribution in [0.3, 0.4) is 0 Å². The molecule has 100 valence electrons. The Labute approximate surface area is 118 Å². The average Bonchev–Trinajstić information content (AvgIpc) is 2.92. The van der Waals surface area contributed by atoms with Gasteiger partial charge in [-0.1, -0.05) is 0 Å². The molecule has 0 radical (unpaired) electrons. The molecule has 1 atom stereocenters. The Hall–Kier alpha value is -1.26.